The SMILES string of the molecule is ClC/C=C1/CN2CCC1CC2. The average molecular weight is 172 g/mol. The fourth-order valence-corrected chi connectivity index (χ4v) is 2.38. The first-order valence-corrected chi connectivity index (χ1v) is 4.91. The maximum Gasteiger partial charge on any atom is 0.0407 e. The second-order valence-corrected chi connectivity index (χ2v) is 3.79. The van der Waals surface area contributed by atoms with Crippen LogP contribution in [0.5, 0.6) is 0 Å². The highest BCUT2D eigenvalue weighted by atomic mass is 35.5. The van der Waals surface area contributed by atoms with Crippen molar-refractivity contribution in [2.45, 2.75) is 12.8 Å². The predicted molar refractivity (Wildman–Crippen MR) is 48.0 cm³/mol. The lowest BCUT2D eigenvalue weighted by molar-refractivity contribution is 0.161. The lowest BCUT2D eigenvalue weighted by Gasteiger charge is -2.41. The molecule has 2 heteroatoms. The van der Waals surface area contributed by atoms with Crippen molar-refractivity contribution in [1.82, 2.24) is 4.90 Å². The highest BCUT2D eigenvalue weighted by Crippen LogP contribution is 2.31. The maximum atomic E-state index is 5.68. The number of allylic oxidation sites excluding steroid dienone is 1. The zero-order chi connectivity index (χ0) is 7.68. The van der Waals surface area contributed by atoms with E-state index in [9.17, 15) is 0 Å². The Bertz CT molecular complexity index is 168. The smallest absolute Gasteiger partial charge is 0.0407 e. The summed E-state index contributed by atoms with van der Waals surface area (Å²) in [5, 5.41) is 0. The Morgan fingerprint density at radius 2 is 2.18 bits per heavy atom. The van der Waals surface area contributed by atoms with Crippen molar-refractivity contribution in [3.63, 3.8) is 0 Å². The van der Waals surface area contributed by atoms with E-state index in [1.807, 2.05) is 0 Å². The summed E-state index contributed by atoms with van der Waals surface area (Å²) in [5.41, 5.74) is 1.59. The summed E-state index contributed by atoms with van der Waals surface area (Å²) in [5.74, 6) is 1.57. The van der Waals surface area contributed by atoms with Gasteiger partial charge in [-0.3, -0.25) is 4.90 Å². The van der Waals surface area contributed by atoms with Gasteiger partial charge < -0.3 is 0 Å². The number of halogens is 1. The molecule has 2 bridgehead atoms. The fourth-order valence-electron chi connectivity index (χ4n) is 2.18. The average Bonchev–Trinajstić information content (AvgIpc) is 2.07. The molecule has 0 saturated carbocycles. The predicted octanol–water partition coefficient (Wildman–Crippen LogP) is 1.88. The van der Waals surface area contributed by atoms with Gasteiger partial charge in [-0.15, -0.1) is 11.6 Å². The standard InChI is InChI=1S/C9H14ClN/c10-4-1-9-7-11-5-2-8(9)3-6-11/h1,8H,2-7H2/b9-1-. The third kappa shape index (κ3) is 1.45. The summed E-state index contributed by atoms with van der Waals surface area (Å²) >= 11 is 5.68. The molecule has 3 aliphatic rings. The van der Waals surface area contributed by atoms with Gasteiger partial charge in [-0.1, -0.05) is 11.6 Å². The molecule has 0 aromatic heterocycles. The lowest BCUT2D eigenvalue weighted by atomic mass is 9.84. The highest BCUT2D eigenvalue weighted by Gasteiger charge is 2.28. The Kier molecular flexibility index (Phi) is 2.19. The molecule has 0 aromatic rings. The minimum absolute atomic E-state index is 0.694. The zero-order valence-electron chi connectivity index (χ0n) is 6.72. The summed E-state index contributed by atoms with van der Waals surface area (Å²) in [7, 11) is 0. The van der Waals surface area contributed by atoms with Gasteiger partial charge in [0.05, 0.1) is 0 Å². The number of hydrogen-bond donors (Lipinski definition) is 0. The van der Waals surface area contributed by atoms with E-state index in [0.717, 1.165) is 5.92 Å². The first-order valence-electron chi connectivity index (χ1n) is 4.37. The van der Waals surface area contributed by atoms with Crippen LogP contribution in [-0.4, -0.2) is 30.4 Å². The third-order valence-corrected chi connectivity index (χ3v) is 3.01. The number of rotatable bonds is 1. The van der Waals surface area contributed by atoms with Gasteiger partial charge in [-0.05, 0) is 31.8 Å². The van der Waals surface area contributed by atoms with E-state index in [2.05, 4.69) is 11.0 Å². The molecule has 0 N–H and O–H groups in total. The molecule has 62 valence electrons. The molecule has 0 aliphatic carbocycles. The number of nitrogens with zero attached hydrogens (tertiary/aromatic N) is 1. The van der Waals surface area contributed by atoms with Gasteiger partial charge in [-0.25, -0.2) is 0 Å². The fraction of sp³-hybridized carbons (Fsp3) is 0.778. The molecular formula is C9H14ClN. The Balaban J connectivity index is 2.08. The molecule has 1 nitrogen and oxygen atoms in total. The van der Waals surface area contributed by atoms with E-state index >= 15 is 0 Å². The van der Waals surface area contributed by atoms with Gasteiger partial charge in [0.1, 0.15) is 0 Å². The van der Waals surface area contributed by atoms with Crippen LogP contribution >= 0.6 is 11.6 Å². The van der Waals surface area contributed by atoms with E-state index in [1.54, 1.807) is 5.57 Å². The van der Waals surface area contributed by atoms with Gasteiger partial charge in [0, 0.05) is 12.4 Å². The van der Waals surface area contributed by atoms with Gasteiger partial charge in [0.2, 0.25) is 0 Å². The molecule has 0 atom stereocenters. The van der Waals surface area contributed by atoms with Crippen LogP contribution in [0.3, 0.4) is 0 Å². The molecule has 11 heavy (non-hydrogen) atoms. The van der Waals surface area contributed by atoms with Crippen LogP contribution in [-0.2, 0) is 0 Å². The van der Waals surface area contributed by atoms with Gasteiger partial charge in [0.15, 0.2) is 0 Å². The molecule has 0 amide bonds. The molecule has 0 spiro atoms. The van der Waals surface area contributed by atoms with Crippen LogP contribution in [0.15, 0.2) is 11.6 Å². The van der Waals surface area contributed by atoms with Gasteiger partial charge in [0.25, 0.3) is 0 Å². The molecule has 3 aliphatic heterocycles. The van der Waals surface area contributed by atoms with E-state index in [-0.39, 0.29) is 0 Å². The Labute approximate surface area is 73.0 Å². The van der Waals surface area contributed by atoms with Crippen molar-refractivity contribution in [2.24, 2.45) is 5.92 Å². The Morgan fingerprint density at radius 1 is 1.45 bits per heavy atom. The lowest BCUT2D eigenvalue weighted by Crippen LogP contribution is -2.43. The van der Waals surface area contributed by atoms with Crippen LogP contribution in [0.4, 0.5) is 0 Å². The molecule has 3 heterocycles. The van der Waals surface area contributed by atoms with Crippen LogP contribution < -0.4 is 0 Å². The van der Waals surface area contributed by atoms with Crippen LogP contribution in [0.2, 0.25) is 0 Å². The van der Waals surface area contributed by atoms with Crippen molar-refractivity contribution in [3.05, 3.63) is 11.6 Å². The van der Waals surface area contributed by atoms with Crippen molar-refractivity contribution >= 4 is 11.6 Å². The van der Waals surface area contributed by atoms with E-state index < -0.39 is 0 Å². The number of piperidine rings is 3. The summed E-state index contributed by atoms with van der Waals surface area (Å²) in [6.07, 6.45) is 4.93. The normalized spacial score (nSPS) is 39.9. The minimum atomic E-state index is 0.694. The molecule has 3 rings (SSSR count). The van der Waals surface area contributed by atoms with Crippen LogP contribution in [0.25, 0.3) is 0 Å². The van der Waals surface area contributed by atoms with Crippen molar-refractivity contribution in [2.75, 3.05) is 25.5 Å². The zero-order valence-corrected chi connectivity index (χ0v) is 7.48. The number of fused-ring (bicyclic) bond motifs is 3. The summed E-state index contributed by atoms with van der Waals surface area (Å²) in [4.78, 5) is 2.53. The van der Waals surface area contributed by atoms with Crippen LogP contribution in [0.1, 0.15) is 12.8 Å². The third-order valence-electron chi connectivity index (χ3n) is 2.86. The van der Waals surface area contributed by atoms with Crippen molar-refractivity contribution < 1.29 is 0 Å². The first kappa shape index (κ1) is 7.63. The Morgan fingerprint density at radius 3 is 2.64 bits per heavy atom. The second kappa shape index (κ2) is 3.16. The number of hydrogen-bond acceptors (Lipinski definition) is 1. The van der Waals surface area contributed by atoms with Crippen molar-refractivity contribution in [3.8, 4) is 0 Å². The van der Waals surface area contributed by atoms with Gasteiger partial charge in [-0.2, -0.15) is 0 Å². The molecule has 0 aromatic carbocycles. The second-order valence-electron chi connectivity index (χ2n) is 3.48. The molecule has 0 unspecified atom stereocenters. The summed E-state index contributed by atoms with van der Waals surface area (Å²) < 4.78 is 0. The first-order chi connectivity index (χ1) is 5.40. The molecule has 3 fully saturated rings. The monoisotopic (exact) mass is 171 g/mol. The molecule has 0 radical (unpaired) electrons. The molecular weight excluding hydrogens is 158 g/mol. The Hall–Kier alpha value is -0.0100. The van der Waals surface area contributed by atoms with E-state index in [1.165, 1.54) is 32.5 Å². The topological polar surface area (TPSA) is 3.24 Å². The maximum absolute atomic E-state index is 5.68. The summed E-state index contributed by atoms with van der Waals surface area (Å²) in [6.45, 7) is 3.81. The summed E-state index contributed by atoms with van der Waals surface area (Å²) in [6, 6.07) is 0. The minimum Gasteiger partial charge on any atom is -0.299 e. The number of alkyl halides is 1. The van der Waals surface area contributed by atoms with Crippen LogP contribution in [0, 0.1) is 5.92 Å². The molecule has 3 saturated heterocycles. The largest absolute Gasteiger partial charge is 0.299 e. The van der Waals surface area contributed by atoms with Crippen molar-refractivity contribution in [1.29, 1.82) is 0 Å². The van der Waals surface area contributed by atoms with Gasteiger partial charge >= 0.3 is 0 Å². The van der Waals surface area contributed by atoms with E-state index in [0.29, 0.717) is 5.88 Å². The van der Waals surface area contributed by atoms with E-state index in [4.69, 9.17) is 11.6 Å². The quantitative estimate of drug-likeness (QED) is 0.430. The highest BCUT2D eigenvalue weighted by molar-refractivity contribution is 6.18.